The van der Waals surface area contributed by atoms with Crippen molar-refractivity contribution in [2.75, 3.05) is 5.32 Å². The Hall–Kier alpha value is -2.83. The van der Waals surface area contributed by atoms with Crippen molar-refractivity contribution in [2.24, 2.45) is 0 Å². The number of hydrogen-bond donors (Lipinski definition) is 3. The Morgan fingerprint density at radius 2 is 1.96 bits per heavy atom. The van der Waals surface area contributed by atoms with Crippen molar-refractivity contribution in [3.63, 3.8) is 0 Å². The molecule has 2 amide bonds. The third kappa shape index (κ3) is 4.35. The molecule has 0 radical (unpaired) electrons. The summed E-state index contributed by atoms with van der Waals surface area (Å²) in [5.74, 6) is 0.232. The lowest BCUT2D eigenvalue weighted by Crippen LogP contribution is -2.35. The van der Waals surface area contributed by atoms with E-state index in [2.05, 4.69) is 15.7 Å². The van der Waals surface area contributed by atoms with E-state index in [0.29, 0.717) is 23.4 Å². The van der Waals surface area contributed by atoms with Crippen LogP contribution in [0.3, 0.4) is 0 Å². The molecule has 150 valence electrons. The minimum absolute atomic E-state index is 0.00225. The monoisotopic (exact) mass is 384 g/mol. The number of phenolic OH excluding ortho intramolecular Hbond substituents is 1. The van der Waals surface area contributed by atoms with Crippen molar-refractivity contribution in [3.8, 4) is 17.0 Å². The quantitative estimate of drug-likeness (QED) is 0.672. The predicted molar refractivity (Wildman–Crippen MR) is 109 cm³/mol. The van der Waals surface area contributed by atoms with Gasteiger partial charge in [0, 0.05) is 29.6 Å². The Morgan fingerprint density at radius 3 is 2.61 bits per heavy atom. The van der Waals surface area contributed by atoms with Crippen molar-refractivity contribution >= 4 is 17.6 Å². The highest BCUT2D eigenvalue weighted by molar-refractivity contribution is 5.91. The molecule has 0 atom stereocenters. The van der Waals surface area contributed by atoms with E-state index in [0.717, 1.165) is 31.4 Å². The summed E-state index contributed by atoms with van der Waals surface area (Å²) in [6.07, 6.45) is 4.70. The zero-order chi connectivity index (χ0) is 20.3. The van der Waals surface area contributed by atoms with Gasteiger partial charge in [0.2, 0.25) is 5.91 Å². The number of benzene rings is 1. The standard InChI is InChI=1S/C21H28N4O3/c1-4-20(27)23-15-9-10-19(26)16(11-15)17-12-18(14-7-5-6-8-14)25(24-17)21(28)22-13(2)3/h9-14,26H,4-8H2,1-3H3,(H,22,28)(H,23,27). The molecule has 28 heavy (non-hydrogen) atoms. The summed E-state index contributed by atoms with van der Waals surface area (Å²) in [4.78, 5) is 24.4. The van der Waals surface area contributed by atoms with Gasteiger partial charge in [-0.25, -0.2) is 4.79 Å². The number of amides is 2. The minimum Gasteiger partial charge on any atom is -0.507 e. The van der Waals surface area contributed by atoms with Gasteiger partial charge in [-0.2, -0.15) is 9.78 Å². The van der Waals surface area contributed by atoms with E-state index >= 15 is 0 Å². The lowest BCUT2D eigenvalue weighted by molar-refractivity contribution is -0.115. The first-order chi connectivity index (χ1) is 13.4. The van der Waals surface area contributed by atoms with Crippen LogP contribution in [0.1, 0.15) is 64.5 Å². The Labute approximate surface area is 165 Å². The van der Waals surface area contributed by atoms with Crippen LogP contribution in [0.4, 0.5) is 10.5 Å². The van der Waals surface area contributed by atoms with Gasteiger partial charge in [-0.05, 0) is 51.0 Å². The van der Waals surface area contributed by atoms with E-state index in [1.165, 1.54) is 10.7 Å². The fraction of sp³-hybridized carbons (Fsp3) is 0.476. The van der Waals surface area contributed by atoms with Crippen molar-refractivity contribution in [2.45, 2.75) is 64.8 Å². The smallest absolute Gasteiger partial charge is 0.342 e. The number of hydrogen-bond acceptors (Lipinski definition) is 4. The van der Waals surface area contributed by atoms with Gasteiger partial charge in [0.1, 0.15) is 5.75 Å². The summed E-state index contributed by atoms with van der Waals surface area (Å²) in [5, 5.41) is 20.6. The molecule has 1 aromatic carbocycles. The van der Waals surface area contributed by atoms with Crippen LogP contribution in [0.2, 0.25) is 0 Å². The molecule has 1 aliphatic carbocycles. The van der Waals surface area contributed by atoms with E-state index in [1.54, 1.807) is 19.1 Å². The summed E-state index contributed by atoms with van der Waals surface area (Å²) in [5.41, 5.74) is 2.46. The second-order valence-electron chi connectivity index (χ2n) is 7.59. The third-order valence-corrected chi connectivity index (χ3v) is 4.99. The second kappa shape index (κ2) is 8.46. The molecule has 7 heteroatoms. The van der Waals surface area contributed by atoms with Crippen molar-refractivity contribution in [1.29, 1.82) is 0 Å². The first-order valence-electron chi connectivity index (χ1n) is 9.93. The van der Waals surface area contributed by atoms with Gasteiger partial charge in [-0.3, -0.25) is 4.79 Å². The summed E-state index contributed by atoms with van der Waals surface area (Å²) in [7, 11) is 0. The number of carbonyl (C=O) groups is 2. The largest absolute Gasteiger partial charge is 0.507 e. The average Bonchev–Trinajstić information content (AvgIpc) is 3.32. The first kappa shape index (κ1) is 19.9. The van der Waals surface area contributed by atoms with Crippen LogP contribution in [0.25, 0.3) is 11.3 Å². The molecule has 3 N–H and O–H groups in total. The summed E-state index contributed by atoms with van der Waals surface area (Å²) in [6.45, 7) is 5.59. The van der Waals surface area contributed by atoms with E-state index in [-0.39, 0.29) is 29.6 Å². The highest BCUT2D eigenvalue weighted by Crippen LogP contribution is 2.38. The maximum absolute atomic E-state index is 12.7. The Morgan fingerprint density at radius 1 is 1.25 bits per heavy atom. The molecular formula is C21H28N4O3. The molecule has 2 aromatic rings. The SMILES string of the molecule is CCC(=O)Nc1ccc(O)c(-c2cc(C3CCCC3)n(C(=O)NC(C)C)n2)c1. The number of nitrogens with zero attached hydrogens (tertiary/aromatic N) is 2. The van der Waals surface area contributed by atoms with Crippen LogP contribution in [0, 0.1) is 0 Å². The van der Waals surface area contributed by atoms with Gasteiger partial charge in [0.05, 0.1) is 11.4 Å². The van der Waals surface area contributed by atoms with Gasteiger partial charge in [0.25, 0.3) is 0 Å². The Balaban J connectivity index is 2.01. The van der Waals surface area contributed by atoms with Crippen molar-refractivity contribution in [3.05, 3.63) is 30.0 Å². The predicted octanol–water partition coefficient (Wildman–Crippen LogP) is 4.23. The minimum atomic E-state index is -0.266. The van der Waals surface area contributed by atoms with Crippen molar-refractivity contribution in [1.82, 2.24) is 15.1 Å². The van der Waals surface area contributed by atoms with Gasteiger partial charge >= 0.3 is 6.03 Å². The number of aromatic nitrogens is 2. The number of nitrogens with one attached hydrogen (secondary N) is 2. The fourth-order valence-electron chi connectivity index (χ4n) is 3.58. The highest BCUT2D eigenvalue weighted by atomic mass is 16.3. The van der Waals surface area contributed by atoms with Crippen LogP contribution < -0.4 is 10.6 Å². The van der Waals surface area contributed by atoms with Crippen molar-refractivity contribution < 1.29 is 14.7 Å². The van der Waals surface area contributed by atoms with E-state index in [9.17, 15) is 14.7 Å². The normalized spacial score (nSPS) is 14.4. The molecular weight excluding hydrogens is 356 g/mol. The zero-order valence-electron chi connectivity index (χ0n) is 16.7. The van der Waals surface area contributed by atoms with E-state index in [1.807, 2.05) is 19.9 Å². The molecule has 1 aliphatic rings. The molecule has 0 spiro atoms. The molecule has 1 heterocycles. The lowest BCUT2D eigenvalue weighted by atomic mass is 10.0. The van der Waals surface area contributed by atoms with Gasteiger partial charge in [0.15, 0.2) is 0 Å². The maximum atomic E-state index is 12.7. The zero-order valence-corrected chi connectivity index (χ0v) is 16.7. The number of anilines is 1. The number of aromatic hydroxyl groups is 1. The van der Waals surface area contributed by atoms with Crippen LogP contribution in [0.15, 0.2) is 24.3 Å². The fourth-order valence-corrected chi connectivity index (χ4v) is 3.58. The molecule has 0 saturated heterocycles. The molecule has 0 unspecified atom stereocenters. The highest BCUT2D eigenvalue weighted by Gasteiger charge is 2.26. The van der Waals surface area contributed by atoms with E-state index < -0.39 is 0 Å². The van der Waals surface area contributed by atoms with Crippen LogP contribution in [-0.4, -0.2) is 32.9 Å². The Kier molecular flexibility index (Phi) is 6.02. The molecule has 0 bridgehead atoms. The topological polar surface area (TPSA) is 96.2 Å². The van der Waals surface area contributed by atoms with Gasteiger partial charge in [-0.15, -0.1) is 0 Å². The molecule has 1 saturated carbocycles. The van der Waals surface area contributed by atoms with Crippen LogP contribution >= 0.6 is 0 Å². The molecule has 0 aliphatic heterocycles. The second-order valence-corrected chi connectivity index (χ2v) is 7.59. The maximum Gasteiger partial charge on any atom is 0.342 e. The molecule has 1 aromatic heterocycles. The number of rotatable bonds is 5. The molecule has 7 nitrogen and oxygen atoms in total. The van der Waals surface area contributed by atoms with Gasteiger partial charge < -0.3 is 15.7 Å². The summed E-state index contributed by atoms with van der Waals surface area (Å²) >= 11 is 0. The number of carbonyl (C=O) groups excluding carboxylic acids is 2. The summed E-state index contributed by atoms with van der Waals surface area (Å²) in [6, 6.07) is 6.48. The average molecular weight is 384 g/mol. The third-order valence-electron chi connectivity index (χ3n) is 4.99. The van der Waals surface area contributed by atoms with Crippen LogP contribution in [-0.2, 0) is 4.79 Å². The molecule has 1 fully saturated rings. The van der Waals surface area contributed by atoms with Crippen LogP contribution in [0.5, 0.6) is 5.75 Å². The lowest BCUT2D eigenvalue weighted by Gasteiger charge is -2.13. The van der Waals surface area contributed by atoms with Gasteiger partial charge in [-0.1, -0.05) is 19.8 Å². The molecule has 3 rings (SSSR count). The number of phenols is 1. The van der Waals surface area contributed by atoms with E-state index in [4.69, 9.17) is 0 Å². The first-order valence-corrected chi connectivity index (χ1v) is 9.93. The Bertz CT molecular complexity index is 867. The summed E-state index contributed by atoms with van der Waals surface area (Å²) < 4.78 is 1.43.